The molecule has 1 N–H and O–H groups in total. The van der Waals surface area contributed by atoms with E-state index in [0.717, 1.165) is 10.5 Å². The molecule has 9 heteroatoms. The number of rotatable bonds is 5. The fraction of sp³-hybridized carbons (Fsp3) is 0.190. The van der Waals surface area contributed by atoms with Crippen LogP contribution >= 0.6 is 11.8 Å². The molecule has 2 heterocycles. The topological polar surface area (TPSA) is 92.3 Å². The normalized spacial score (nSPS) is 15.2. The SMILES string of the molecule is Cc1cc(Sc2ncccn2)ccc1NC(=O)c1ccc(N2CCCS2(=O)=O)cc1. The van der Waals surface area contributed by atoms with Crippen molar-refractivity contribution in [3.8, 4) is 0 Å². The van der Waals surface area contributed by atoms with Gasteiger partial charge in [0.2, 0.25) is 10.0 Å². The molecule has 1 aliphatic rings. The lowest BCUT2D eigenvalue weighted by Crippen LogP contribution is -2.25. The predicted molar refractivity (Wildman–Crippen MR) is 117 cm³/mol. The van der Waals surface area contributed by atoms with Gasteiger partial charge in [0.15, 0.2) is 5.16 Å². The van der Waals surface area contributed by atoms with Gasteiger partial charge in [0.05, 0.1) is 11.4 Å². The highest BCUT2D eigenvalue weighted by molar-refractivity contribution is 7.99. The van der Waals surface area contributed by atoms with Gasteiger partial charge in [-0.1, -0.05) is 0 Å². The Kier molecular flexibility index (Phi) is 5.74. The summed E-state index contributed by atoms with van der Waals surface area (Å²) in [6, 6.07) is 14.1. The van der Waals surface area contributed by atoms with E-state index in [4.69, 9.17) is 0 Å². The van der Waals surface area contributed by atoms with Crippen LogP contribution in [0.5, 0.6) is 0 Å². The van der Waals surface area contributed by atoms with E-state index in [2.05, 4.69) is 15.3 Å². The van der Waals surface area contributed by atoms with Crippen LogP contribution in [-0.4, -0.2) is 36.6 Å². The Morgan fingerprint density at radius 2 is 1.83 bits per heavy atom. The quantitative estimate of drug-likeness (QED) is 0.608. The molecule has 2 aromatic carbocycles. The van der Waals surface area contributed by atoms with Crippen LogP contribution in [0.15, 0.2) is 71.0 Å². The second-order valence-electron chi connectivity index (χ2n) is 6.85. The van der Waals surface area contributed by atoms with Gasteiger partial charge in [-0.05, 0) is 79.2 Å². The van der Waals surface area contributed by atoms with Crippen molar-refractivity contribution in [1.82, 2.24) is 9.97 Å². The minimum absolute atomic E-state index is 0.166. The summed E-state index contributed by atoms with van der Waals surface area (Å²) in [5, 5.41) is 3.57. The Hall–Kier alpha value is -2.91. The van der Waals surface area contributed by atoms with E-state index in [0.29, 0.717) is 35.1 Å². The van der Waals surface area contributed by atoms with Crippen molar-refractivity contribution in [3.63, 3.8) is 0 Å². The molecule has 4 rings (SSSR count). The van der Waals surface area contributed by atoms with Crippen molar-refractivity contribution in [2.75, 3.05) is 21.9 Å². The predicted octanol–water partition coefficient (Wildman–Crippen LogP) is 3.73. The first-order valence-electron chi connectivity index (χ1n) is 9.40. The van der Waals surface area contributed by atoms with Crippen molar-refractivity contribution in [1.29, 1.82) is 0 Å². The minimum atomic E-state index is -3.23. The molecule has 0 unspecified atom stereocenters. The number of nitrogens with one attached hydrogen (secondary N) is 1. The molecular weight excluding hydrogens is 420 g/mol. The molecule has 154 valence electrons. The van der Waals surface area contributed by atoms with Crippen molar-refractivity contribution in [3.05, 3.63) is 72.1 Å². The largest absolute Gasteiger partial charge is 0.322 e. The summed E-state index contributed by atoms with van der Waals surface area (Å²) in [6.07, 6.45) is 4.01. The molecule has 1 fully saturated rings. The van der Waals surface area contributed by atoms with Crippen LogP contribution in [0, 0.1) is 6.92 Å². The second-order valence-corrected chi connectivity index (χ2v) is 9.91. The van der Waals surface area contributed by atoms with Gasteiger partial charge in [-0.25, -0.2) is 18.4 Å². The molecule has 0 saturated carbocycles. The number of aromatic nitrogens is 2. The number of sulfonamides is 1. The lowest BCUT2D eigenvalue weighted by molar-refractivity contribution is 0.102. The van der Waals surface area contributed by atoms with Gasteiger partial charge < -0.3 is 5.32 Å². The highest BCUT2D eigenvalue weighted by Crippen LogP contribution is 2.28. The van der Waals surface area contributed by atoms with Gasteiger partial charge in [0.25, 0.3) is 5.91 Å². The number of aryl methyl sites for hydroxylation is 1. The number of anilines is 2. The third kappa shape index (κ3) is 4.47. The Labute approximate surface area is 179 Å². The highest BCUT2D eigenvalue weighted by atomic mass is 32.2. The third-order valence-electron chi connectivity index (χ3n) is 4.71. The van der Waals surface area contributed by atoms with Gasteiger partial charge in [0, 0.05) is 35.1 Å². The van der Waals surface area contributed by atoms with Gasteiger partial charge in [-0.2, -0.15) is 0 Å². The maximum absolute atomic E-state index is 12.6. The van der Waals surface area contributed by atoms with E-state index < -0.39 is 10.0 Å². The van der Waals surface area contributed by atoms with E-state index in [9.17, 15) is 13.2 Å². The molecule has 1 amide bonds. The molecular formula is C21H20N4O3S2. The van der Waals surface area contributed by atoms with Crippen molar-refractivity contribution < 1.29 is 13.2 Å². The zero-order valence-electron chi connectivity index (χ0n) is 16.3. The summed E-state index contributed by atoms with van der Waals surface area (Å²) >= 11 is 1.45. The van der Waals surface area contributed by atoms with Crippen LogP contribution in [0.25, 0.3) is 0 Å². The number of nitrogens with zero attached hydrogens (tertiary/aromatic N) is 3. The molecule has 1 saturated heterocycles. The molecule has 30 heavy (non-hydrogen) atoms. The summed E-state index contributed by atoms with van der Waals surface area (Å²) in [4.78, 5) is 22.0. The van der Waals surface area contributed by atoms with E-state index in [1.165, 1.54) is 16.1 Å². The van der Waals surface area contributed by atoms with E-state index >= 15 is 0 Å². The second kappa shape index (κ2) is 8.45. The van der Waals surface area contributed by atoms with Gasteiger partial charge in [0.1, 0.15) is 0 Å². The summed E-state index contributed by atoms with van der Waals surface area (Å²) < 4.78 is 25.5. The maximum Gasteiger partial charge on any atom is 0.255 e. The summed E-state index contributed by atoms with van der Waals surface area (Å²) in [5.41, 5.74) is 2.68. The van der Waals surface area contributed by atoms with Crippen molar-refractivity contribution in [2.24, 2.45) is 0 Å². The Morgan fingerprint density at radius 3 is 2.47 bits per heavy atom. The molecule has 0 atom stereocenters. The zero-order valence-corrected chi connectivity index (χ0v) is 17.9. The lowest BCUT2D eigenvalue weighted by atomic mass is 10.1. The molecule has 0 bridgehead atoms. The van der Waals surface area contributed by atoms with Crippen molar-refractivity contribution in [2.45, 2.75) is 23.4 Å². The fourth-order valence-electron chi connectivity index (χ4n) is 3.19. The average molecular weight is 441 g/mol. The Bertz CT molecular complexity index is 1170. The van der Waals surface area contributed by atoms with Crippen LogP contribution in [0.1, 0.15) is 22.3 Å². The standard InChI is InChI=1S/C21H20N4O3S2/c1-15-14-18(29-21-22-10-2-11-23-21)8-9-19(15)24-20(26)16-4-6-17(7-5-16)25-12-3-13-30(25,27)28/h2,4-11,14H,3,12-13H2,1H3,(H,24,26). The molecule has 1 aromatic heterocycles. The fourth-order valence-corrected chi connectivity index (χ4v) is 5.56. The smallest absolute Gasteiger partial charge is 0.255 e. The Balaban J connectivity index is 1.44. The molecule has 7 nitrogen and oxygen atoms in total. The van der Waals surface area contributed by atoms with Crippen LogP contribution in [0.4, 0.5) is 11.4 Å². The molecule has 0 aliphatic carbocycles. The number of hydrogen-bond acceptors (Lipinski definition) is 6. The average Bonchev–Trinajstić information content (AvgIpc) is 3.10. The highest BCUT2D eigenvalue weighted by Gasteiger charge is 2.28. The first-order chi connectivity index (χ1) is 14.4. The Morgan fingerprint density at radius 1 is 1.10 bits per heavy atom. The first kappa shape index (κ1) is 20.4. The van der Waals surface area contributed by atoms with Gasteiger partial charge in [-0.15, -0.1) is 0 Å². The zero-order chi connectivity index (χ0) is 21.1. The van der Waals surface area contributed by atoms with Crippen LogP contribution < -0.4 is 9.62 Å². The third-order valence-corrected chi connectivity index (χ3v) is 7.47. The van der Waals surface area contributed by atoms with Crippen LogP contribution in [0.3, 0.4) is 0 Å². The molecule has 1 aliphatic heterocycles. The number of carbonyl (C=O) groups excluding carboxylic acids is 1. The number of hydrogen-bond donors (Lipinski definition) is 1. The molecule has 3 aromatic rings. The van der Waals surface area contributed by atoms with Crippen molar-refractivity contribution >= 4 is 39.1 Å². The number of benzene rings is 2. The molecule has 0 radical (unpaired) electrons. The minimum Gasteiger partial charge on any atom is -0.322 e. The summed E-state index contributed by atoms with van der Waals surface area (Å²) in [7, 11) is -3.23. The van der Waals surface area contributed by atoms with Crippen LogP contribution in [0.2, 0.25) is 0 Å². The van der Waals surface area contributed by atoms with Gasteiger partial charge in [-0.3, -0.25) is 9.10 Å². The lowest BCUT2D eigenvalue weighted by Gasteiger charge is -2.17. The summed E-state index contributed by atoms with van der Waals surface area (Å²) in [5.74, 6) is -0.0835. The first-order valence-corrected chi connectivity index (χ1v) is 11.8. The molecule has 0 spiro atoms. The summed E-state index contributed by atoms with van der Waals surface area (Å²) in [6.45, 7) is 2.40. The number of carbonyl (C=O) groups is 1. The van der Waals surface area contributed by atoms with Gasteiger partial charge >= 0.3 is 0 Å². The van der Waals surface area contributed by atoms with E-state index in [1.54, 1.807) is 42.7 Å². The van der Waals surface area contributed by atoms with E-state index in [1.807, 2.05) is 25.1 Å². The monoisotopic (exact) mass is 440 g/mol. The maximum atomic E-state index is 12.6. The van der Waals surface area contributed by atoms with E-state index in [-0.39, 0.29) is 11.7 Å². The number of amides is 1. The van der Waals surface area contributed by atoms with Crippen LogP contribution in [-0.2, 0) is 10.0 Å².